The standard InChI is InChI=1S/C22H37N3O2/c1-17(2)6-7-18(3)25-21(23-4)24-16-22(12-14-27-15-13-22)19-8-10-20(26-5)11-9-19/h8-11,17-18H,6-7,12-16H2,1-5H3,(H2,23,24,25). The molecule has 152 valence electrons. The molecule has 1 aliphatic rings. The number of aliphatic imine (C=N–C) groups is 1. The van der Waals surface area contributed by atoms with E-state index in [-0.39, 0.29) is 5.41 Å². The summed E-state index contributed by atoms with van der Waals surface area (Å²) in [6.45, 7) is 9.20. The maximum Gasteiger partial charge on any atom is 0.191 e. The van der Waals surface area contributed by atoms with Crippen LogP contribution >= 0.6 is 0 Å². The van der Waals surface area contributed by atoms with Crippen LogP contribution in [0.25, 0.3) is 0 Å². The SMILES string of the molecule is CN=C(NCC1(c2ccc(OC)cc2)CCOCC1)NC(C)CCC(C)C. The second-order valence-electron chi connectivity index (χ2n) is 8.06. The van der Waals surface area contributed by atoms with Crippen molar-refractivity contribution in [2.45, 2.75) is 57.9 Å². The molecular weight excluding hydrogens is 338 g/mol. The zero-order valence-corrected chi connectivity index (χ0v) is 17.7. The van der Waals surface area contributed by atoms with Crippen LogP contribution in [0.3, 0.4) is 0 Å². The lowest BCUT2D eigenvalue weighted by atomic mass is 9.74. The lowest BCUT2D eigenvalue weighted by Gasteiger charge is -2.38. The monoisotopic (exact) mass is 375 g/mol. The van der Waals surface area contributed by atoms with Crippen LogP contribution in [0.4, 0.5) is 0 Å². The molecule has 27 heavy (non-hydrogen) atoms. The molecule has 0 radical (unpaired) electrons. The van der Waals surface area contributed by atoms with Gasteiger partial charge < -0.3 is 20.1 Å². The van der Waals surface area contributed by atoms with Crippen LogP contribution in [0.2, 0.25) is 0 Å². The van der Waals surface area contributed by atoms with Crippen LogP contribution in [0, 0.1) is 5.92 Å². The molecule has 1 atom stereocenters. The number of benzene rings is 1. The number of nitrogens with zero attached hydrogens (tertiary/aromatic N) is 1. The lowest BCUT2D eigenvalue weighted by molar-refractivity contribution is 0.0513. The van der Waals surface area contributed by atoms with E-state index in [1.54, 1.807) is 7.11 Å². The maximum atomic E-state index is 5.64. The number of ether oxygens (including phenoxy) is 2. The first-order valence-electron chi connectivity index (χ1n) is 10.2. The highest BCUT2D eigenvalue weighted by Gasteiger charge is 2.34. The molecule has 1 unspecified atom stereocenters. The van der Waals surface area contributed by atoms with Gasteiger partial charge in [0.25, 0.3) is 0 Å². The lowest BCUT2D eigenvalue weighted by Crippen LogP contribution is -2.49. The normalized spacial score (nSPS) is 18.2. The highest BCUT2D eigenvalue weighted by atomic mass is 16.5. The average molecular weight is 376 g/mol. The summed E-state index contributed by atoms with van der Waals surface area (Å²) in [5.74, 6) is 2.50. The van der Waals surface area contributed by atoms with E-state index in [9.17, 15) is 0 Å². The molecule has 0 amide bonds. The molecule has 1 aliphatic heterocycles. The second-order valence-corrected chi connectivity index (χ2v) is 8.06. The van der Waals surface area contributed by atoms with E-state index >= 15 is 0 Å². The van der Waals surface area contributed by atoms with Crippen molar-refractivity contribution >= 4 is 5.96 Å². The van der Waals surface area contributed by atoms with E-state index in [2.05, 4.69) is 48.5 Å². The second kappa shape index (κ2) is 10.5. The van der Waals surface area contributed by atoms with Crippen molar-refractivity contribution in [3.8, 4) is 5.75 Å². The summed E-state index contributed by atoms with van der Waals surface area (Å²) in [5, 5.41) is 7.11. The minimum Gasteiger partial charge on any atom is -0.497 e. The van der Waals surface area contributed by atoms with Crippen LogP contribution in [-0.4, -0.2) is 45.9 Å². The molecule has 1 heterocycles. The van der Waals surface area contributed by atoms with E-state index in [1.165, 1.54) is 12.0 Å². The molecule has 1 fully saturated rings. The van der Waals surface area contributed by atoms with Gasteiger partial charge in [0.2, 0.25) is 0 Å². The summed E-state index contributed by atoms with van der Waals surface area (Å²) in [7, 11) is 3.55. The quantitative estimate of drug-likeness (QED) is 0.537. The molecule has 1 aromatic carbocycles. The van der Waals surface area contributed by atoms with Crippen LogP contribution in [-0.2, 0) is 10.2 Å². The van der Waals surface area contributed by atoms with Crippen molar-refractivity contribution in [1.82, 2.24) is 10.6 Å². The molecule has 5 heteroatoms. The first-order valence-corrected chi connectivity index (χ1v) is 10.2. The van der Waals surface area contributed by atoms with Crippen LogP contribution in [0.15, 0.2) is 29.3 Å². The Balaban J connectivity index is 2.02. The third kappa shape index (κ3) is 6.42. The highest BCUT2D eigenvalue weighted by Crippen LogP contribution is 2.35. The van der Waals surface area contributed by atoms with E-state index in [0.717, 1.165) is 56.6 Å². The fourth-order valence-electron chi connectivity index (χ4n) is 3.61. The van der Waals surface area contributed by atoms with Gasteiger partial charge in [-0.3, -0.25) is 4.99 Å². The molecule has 2 N–H and O–H groups in total. The van der Waals surface area contributed by atoms with Crippen LogP contribution in [0.5, 0.6) is 5.75 Å². The van der Waals surface area contributed by atoms with Crippen molar-refractivity contribution in [3.05, 3.63) is 29.8 Å². The molecule has 0 spiro atoms. The van der Waals surface area contributed by atoms with E-state index in [1.807, 2.05) is 19.2 Å². The molecule has 0 saturated carbocycles. The van der Waals surface area contributed by atoms with Gasteiger partial charge in [0.1, 0.15) is 5.75 Å². The number of methoxy groups -OCH3 is 1. The molecule has 0 aliphatic carbocycles. The van der Waals surface area contributed by atoms with Gasteiger partial charge >= 0.3 is 0 Å². The largest absolute Gasteiger partial charge is 0.497 e. The Hall–Kier alpha value is -1.75. The van der Waals surface area contributed by atoms with Crippen molar-refractivity contribution in [3.63, 3.8) is 0 Å². The van der Waals surface area contributed by atoms with Crippen molar-refractivity contribution in [2.75, 3.05) is 33.9 Å². The number of nitrogens with one attached hydrogen (secondary N) is 2. The summed E-state index contributed by atoms with van der Waals surface area (Å²) in [4.78, 5) is 4.43. The topological polar surface area (TPSA) is 54.9 Å². The fraction of sp³-hybridized carbons (Fsp3) is 0.682. The van der Waals surface area contributed by atoms with Gasteiger partial charge in [0, 0.05) is 38.3 Å². The van der Waals surface area contributed by atoms with Crippen LogP contribution in [0.1, 0.15) is 52.0 Å². The van der Waals surface area contributed by atoms with Gasteiger partial charge in [0.05, 0.1) is 7.11 Å². The molecule has 5 nitrogen and oxygen atoms in total. The Bertz CT molecular complexity index is 578. The third-order valence-corrected chi connectivity index (χ3v) is 5.53. The molecule has 1 saturated heterocycles. The predicted octanol–water partition coefficient (Wildman–Crippen LogP) is 3.73. The first-order chi connectivity index (χ1) is 13.0. The minimum atomic E-state index is 0.0588. The molecule has 0 aromatic heterocycles. The van der Waals surface area contributed by atoms with Gasteiger partial charge in [-0.2, -0.15) is 0 Å². The van der Waals surface area contributed by atoms with Gasteiger partial charge in [-0.15, -0.1) is 0 Å². The smallest absolute Gasteiger partial charge is 0.191 e. The van der Waals surface area contributed by atoms with Crippen molar-refractivity contribution < 1.29 is 9.47 Å². The zero-order valence-electron chi connectivity index (χ0n) is 17.7. The highest BCUT2D eigenvalue weighted by molar-refractivity contribution is 5.80. The summed E-state index contributed by atoms with van der Waals surface area (Å²) < 4.78 is 11.0. The van der Waals surface area contributed by atoms with E-state index in [0.29, 0.717) is 6.04 Å². The Morgan fingerprint density at radius 1 is 1.15 bits per heavy atom. The molecule has 0 bridgehead atoms. The Morgan fingerprint density at radius 2 is 1.81 bits per heavy atom. The Kier molecular flexibility index (Phi) is 8.42. The van der Waals surface area contributed by atoms with Crippen molar-refractivity contribution in [2.24, 2.45) is 10.9 Å². The Morgan fingerprint density at radius 3 is 2.37 bits per heavy atom. The molecular formula is C22H37N3O2. The van der Waals surface area contributed by atoms with Crippen molar-refractivity contribution in [1.29, 1.82) is 0 Å². The number of guanidine groups is 1. The third-order valence-electron chi connectivity index (χ3n) is 5.53. The Labute approximate surface area is 164 Å². The van der Waals surface area contributed by atoms with Gasteiger partial charge in [-0.25, -0.2) is 0 Å². The number of rotatable bonds is 8. The maximum absolute atomic E-state index is 5.64. The summed E-state index contributed by atoms with van der Waals surface area (Å²) in [6.07, 6.45) is 4.38. The van der Waals surface area contributed by atoms with Gasteiger partial charge in [-0.1, -0.05) is 26.0 Å². The summed E-state index contributed by atoms with van der Waals surface area (Å²) in [6, 6.07) is 8.88. The minimum absolute atomic E-state index is 0.0588. The van der Waals surface area contributed by atoms with Gasteiger partial charge in [-0.05, 0) is 56.2 Å². The zero-order chi connectivity index (χ0) is 19.7. The molecule has 2 rings (SSSR count). The predicted molar refractivity (Wildman–Crippen MR) is 113 cm³/mol. The average Bonchev–Trinajstić information content (AvgIpc) is 2.70. The van der Waals surface area contributed by atoms with E-state index in [4.69, 9.17) is 9.47 Å². The first kappa shape index (κ1) is 21.5. The fourth-order valence-corrected chi connectivity index (χ4v) is 3.61. The summed E-state index contributed by atoms with van der Waals surface area (Å²) in [5.41, 5.74) is 1.39. The van der Waals surface area contributed by atoms with E-state index < -0.39 is 0 Å². The molecule has 1 aromatic rings. The van der Waals surface area contributed by atoms with Gasteiger partial charge in [0.15, 0.2) is 5.96 Å². The van der Waals surface area contributed by atoms with Crippen LogP contribution < -0.4 is 15.4 Å². The summed E-state index contributed by atoms with van der Waals surface area (Å²) >= 11 is 0. The number of hydrogen-bond donors (Lipinski definition) is 2. The number of hydrogen-bond acceptors (Lipinski definition) is 3.